The molecule has 0 aliphatic rings. The van der Waals surface area contributed by atoms with E-state index in [4.69, 9.17) is 0 Å². The van der Waals surface area contributed by atoms with E-state index in [0.29, 0.717) is 6.04 Å². The summed E-state index contributed by atoms with van der Waals surface area (Å²) in [5, 5.41) is 3.40. The lowest BCUT2D eigenvalue weighted by Crippen LogP contribution is -2.31. The van der Waals surface area contributed by atoms with E-state index in [9.17, 15) is 0 Å². The van der Waals surface area contributed by atoms with Crippen molar-refractivity contribution in [1.82, 2.24) is 10.2 Å². The minimum atomic E-state index is 0.428. The third-order valence-electron chi connectivity index (χ3n) is 3.22. The smallest absolute Gasteiger partial charge is 0.0446 e. The van der Waals surface area contributed by atoms with Gasteiger partial charge >= 0.3 is 0 Å². The van der Waals surface area contributed by atoms with E-state index in [1.54, 1.807) is 0 Å². The molecule has 0 saturated carbocycles. The van der Waals surface area contributed by atoms with E-state index in [1.165, 1.54) is 30.5 Å². The summed E-state index contributed by atoms with van der Waals surface area (Å²) >= 11 is 0. The summed E-state index contributed by atoms with van der Waals surface area (Å²) in [4.78, 5) is 2.41. The van der Waals surface area contributed by atoms with Gasteiger partial charge in [0.2, 0.25) is 0 Å². The van der Waals surface area contributed by atoms with E-state index in [0.717, 1.165) is 6.54 Å². The van der Waals surface area contributed by atoms with Crippen LogP contribution in [0.2, 0.25) is 0 Å². The standard InChI is InChI=1S/C15H26N2/c1-5-6-11-17(4)12-15(16-3)14-9-7-13(2)8-10-14/h7-10,15-16H,5-6,11-12H2,1-4H3. The molecule has 1 N–H and O–H groups in total. The zero-order valence-corrected chi connectivity index (χ0v) is 11.7. The van der Waals surface area contributed by atoms with Crippen molar-refractivity contribution in [1.29, 1.82) is 0 Å². The summed E-state index contributed by atoms with van der Waals surface area (Å²) in [6.45, 7) is 6.62. The molecule has 96 valence electrons. The van der Waals surface area contributed by atoms with Crippen LogP contribution in [-0.2, 0) is 0 Å². The molecule has 1 aromatic rings. The molecule has 1 aromatic carbocycles. The lowest BCUT2D eigenvalue weighted by atomic mass is 10.0. The van der Waals surface area contributed by atoms with Gasteiger partial charge in [-0.1, -0.05) is 43.2 Å². The molecule has 0 saturated heterocycles. The molecule has 0 heterocycles. The summed E-state index contributed by atoms with van der Waals surface area (Å²) in [5.41, 5.74) is 2.70. The first-order chi connectivity index (χ1) is 8.17. The molecule has 0 bridgehead atoms. The summed E-state index contributed by atoms with van der Waals surface area (Å²) < 4.78 is 0. The summed E-state index contributed by atoms with van der Waals surface area (Å²) in [5.74, 6) is 0. The average molecular weight is 234 g/mol. The van der Waals surface area contributed by atoms with Crippen LogP contribution in [0.5, 0.6) is 0 Å². The minimum Gasteiger partial charge on any atom is -0.312 e. The molecule has 1 rings (SSSR count). The highest BCUT2D eigenvalue weighted by Crippen LogP contribution is 2.14. The lowest BCUT2D eigenvalue weighted by molar-refractivity contribution is 0.292. The first-order valence-corrected chi connectivity index (χ1v) is 6.59. The van der Waals surface area contributed by atoms with Crippen LogP contribution in [0, 0.1) is 6.92 Å². The maximum Gasteiger partial charge on any atom is 0.0446 e. The number of benzene rings is 1. The maximum absolute atomic E-state index is 3.40. The Balaban J connectivity index is 2.56. The van der Waals surface area contributed by atoms with Crippen molar-refractivity contribution in [3.63, 3.8) is 0 Å². The third kappa shape index (κ3) is 4.88. The van der Waals surface area contributed by atoms with E-state index in [2.05, 4.69) is 55.4 Å². The fourth-order valence-corrected chi connectivity index (χ4v) is 1.99. The molecule has 0 aromatic heterocycles. The van der Waals surface area contributed by atoms with Crippen LogP contribution in [0.1, 0.15) is 36.9 Å². The number of unbranched alkanes of at least 4 members (excludes halogenated alkanes) is 1. The molecule has 2 heteroatoms. The number of nitrogens with one attached hydrogen (secondary N) is 1. The maximum atomic E-state index is 3.40. The Labute approximate surface area is 106 Å². The Hall–Kier alpha value is -0.860. The van der Waals surface area contributed by atoms with Crippen LogP contribution in [0.3, 0.4) is 0 Å². The molecule has 2 nitrogen and oxygen atoms in total. The van der Waals surface area contributed by atoms with Crippen LogP contribution in [0.25, 0.3) is 0 Å². The zero-order valence-electron chi connectivity index (χ0n) is 11.7. The second-order valence-corrected chi connectivity index (χ2v) is 4.87. The Morgan fingerprint density at radius 3 is 2.41 bits per heavy atom. The normalized spacial score (nSPS) is 13.0. The van der Waals surface area contributed by atoms with Gasteiger partial charge in [0, 0.05) is 12.6 Å². The first kappa shape index (κ1) is 14.2. The highest BCUT2D eigenvalue weighted by Gasteiger charge is 2.11. The Morgan fingerprint density at radius 1 is 1.24 bits per heavy atom. The summed E-state index contributed by atoms with van der Waals surface area (Å²) in [6, 6.07) is 9.25. The fourth-order valence-electron chi connectivity index (χ4n) is 1.99. The predicted molar refractivity (Wildman–Crippen MR) is 75.4 cm³/mol. The molecule has 1 atom stereocenters. The molecule has 0 radical (unpaired) electrons. The number of rotatable bonds is 7. The van der Waals surface area contributed by atoms with Crippen LogP contribution < -0.4 is 5.32 Å². The molecule has 0 amide bonds. The number of aryl methyl sites for hydroxylation is 1. The monoisotopic (exact) mass is 234 g/mol. The highest BCUT2D eigenvalue weighted by molar-refractivity contribution is 5.24. The second kappa shape index (κ2) is 7.46. The minimum absolute atomic E-state index is 0.428. The van der Waals surface area contributed by atoms with E-state index >= 15 is 0 Å². The van der Waals surface area contributed by atoms with Crippen LogP contribution in [0.4, 0.5) is 0 Å². The first-order valence-electron chi connectivity index (χ1n) is 6.59. The van der Waals surface area contributed by atoms with Crippen molar-refractivity contribution in [2.75, 3.05) is 27.2 Å². The number of hydrogen-bond donors (Lipinski definition) is 1. The molecule has 0 aliphatic carbocycles. The van der Waals surface area contributed by atoms with Gasteiger partial charge in [0.05, 0.1) is 0 Å². The second-order valence-electron chi connectivity index (χ2n) is 4.87. The van der Waals surface area contributed by atoms with Gasteiger partial charge in [-0.2, -0.15) is 0 Å². The van der Waals surface area contributed by atoms with Crippen LogP contribution >= 0.6 is 0 Å². The van der Waals surface area contributed by atoms with Gasteiger partial charge in [0.25, 0.3) is 0 Å². The van der Waals surface area contributed by atoms with Gasteiger partial charge in [0.1, 0.15) is 0 Å². The van der Waals surface area contributed by atoms with E-state index in [1.807, 2.05) is 7.05 Å². The number of likely N-dealkylation sites (N-methyl/N-ethyl adjacent to an activating group) is 2. The molecular weight excluding hydrogens is 208 g/mol. The van der Waals surface area contributed by atoms with E-state index in [-0.39, 0.29) is 0 Å². The summed E-state index contributed by atoms with van der Waals surface area (Å²) in [6.07, 6.45) is 2.54. The quantitative estimate of drug-likeness (QED) is 0.780. The highest BCUT2D eigenvalue weighted by atomic mass is 15.1. The van der Waals surface area contributed by atoms with Gasteiger partial charge in [0.15, 0.2) is 0 Å². The van der Waals surface area contributed by atoms with Crippen LogP contribution in [0.15, 0.2) is 24.3 Å². The Morgan fingerprint density at radius 2 is 1.88 bits per heavy atom. The van der Waals surface area contributed by atoms with Gasteiger partial charge < -0.3 is 10.2 Å². The molecular formula is C15H26N2. The Kier molecular flexibility index (Phi) is 6.23. The summed E-state index contributed by atoms with van der Waals surface area (Å²) in [7, 11) is 4.24. The number of hydrogen-bond acceptors (Lipinski definition) is 2. The number of nitrogens with zero attached hydrogens (tertiary/aromatic N) is 1. The zero-order chi connectivity index (χ0) is 12.7. The van der Waals surface area contributed by atoms with Crippen molar-refractivity contribution in [3.8, 4) is 0 Å². The van der Waals surface area contributed by atoms with Crippen molar-refractivity contribution in [3.05, 3.63) is 35.4 Å². The molecule has 17 heavy (non-hydrogen) atoms. The Bertz CT molecular complexity index is 305. The van der Waals surface area contributed by atoms with Gasteiger partial charge in [-0.05, 0) is 39.5 Å². The van der Waals surface area contributed by atoms with E-state index < -0.39 is 0 Å². The van der Waals surface area contributed by atoms with Crippen LogP contribution in [-0.4, -0.2) is 32.1 Å². The van der Waals surface area contributed by atoms with Gasteiger partial charge in [-0.25, -0.2) is 0 Å². The lowest BCUT2D eigenvalue weighted by Gasteiger charge is -2.24. The van der Waals surface area contributed by atoms with Crippen molar-refractivity contribution in [2.24, 2.45) is 0 Å². The largest absolute Gasteiger partial charge is 0.312 e. The third-order valence-corrected chi connectivity index (χ3v) is 3.22. The topological polar surface area (TPSA) is 15.3 Å². The molecule has 0 spiro atoms. The van der Waals surface area contributed by atoms with Crippen molar-refractivity contribution < 1.29 is 0 Å². The fraction of sp³-hybridized carbons (Fsp3) is 0.600. The molecule has 0 aliphatic heterocycles. The molecule has 1 unspecified atom stereocenters. The molecule has 0 fully saturated rings. The van der Waals surface area contributed by atoms with Gasteiger partial charge in [-0.15, -0.1) is 0 Å². The van der Waals surface area contributed by atoms with Gasteiger partial charge in [-0.3, -0.25) is 0 Å². The van der Waals surface area contributed by atoms with Crippen molar-refractivity contribution in [2.45, 2.75) is 32.7 Å². The average Bonchev–Trinajstić information content (AvgIpc) is 2.34. The SMILES string of the molecule is CCCCN(C)CC(NC)c1ccc(C)cc1. The predicted octanol–water partition coefficient (Wildman–Crippen LogP) is 2.99. The van der Waals surface area contributed by atoms with Crippen molar-refractivity contribution >= 4 is 0 Å².